The number of aryl methyl sites for hydroxylation is 1. The van der Waals surface area contributed by atoms with Gasteiger partial charge in [-0.25, -0.2) is 0 Å². The van der Waals surface area contributed by atoms with Gasteiger partial charge in [0.25, 0.3) is 0 Å². The van der Waals surface area contributed by atoms with Crippen LogP contribution in [0.3, 0.4) is 0 Å². The number of nitrogens with two attached hydrogens (primary N) is 1. The Kier molecular flexibility index (Phi) is 3.79. The van der Waals surface area contributed by atoms with Gasteiger partial charge in [0, 0.05) is 29.1 Å². The van der Waals surface area contributed by atoms with Crippen molar-refractivity contribution in [1.82, 2.24) is 0 Å². The Bertz CT molecular complexity index is 672. The largest absolute Gasteiger partial charge is 0.497 e. The highest BCUT2D eigenvalue weighted by Gasteiger charge is 2.27. The summed E-state index contributed by atoms with van der Waals surface area (Å²) in [6.07, 6.45) is 0.649. The third-order valence-corrected chi connectivity index (χ3v) is 4.33. The molecule has 2 aromatic carbocycles. The zero-order valence-electron chi connectivity index (χ0n) is 12.1. The van der Waals surface area contributed by atoms with Gasteiger partial charge < -0.3 is 15.2 Å². The smallest absolute Gasteiger partial charge is 0.128 e. The second-order valence-electron chi connectivity index (χ2n) is 5.36. The molecule has 0 aromatic heterocycles. The van der Waals surface area contributed by atoms with Crippen LogP contribution < -0.4 is 15.2 Å². The van der Waals surface area contributed by atoms with E-state index in [1.54, 1.807) is 7.11 Å². The van der Waals surface area contributed by atoms with Crippen molar-refractivity contribution in [2.75, 3.05) is 7.11 Å². The van der Waals surface area contributed by atoms with Gasteiger partial charge in [-0.05, 0) is 30.2 Å². The first-order valence-electron chi connectivity index (χ1n) is 6.94. The second-order valence-corrected chi connectivity index (χ2v) is 5.77. The Morgan fingerprint density at radius 1 is 1.24 bits per heavy atom. The zero-order valence-corrected chi connectivity index (χ0v) is 12.9. The van der Waals surface area contributed by atoms with Crippen LogP contribution in [0.25, 0.3) is 0 Å². The van der Waals surface area contributed by atoms with E-state index in [1.807, 2.05) is 43.3 Å². The average molecular weight is 304 g/mol. The van der Waals surface area contributed by atoms with Gasteiger partial charge in [-0.3, -0.25) is 0 Å². The van der Waals surface area contributed by atoms with E-state index >= 15 is 0 Å². The zero-order chi connectivity index (χ0) is 15.0. The van der Waals surface area contributed by atoms with Gasteiger partial charge in [0.2, 0.25) is 0 Å². The van der Waals surface area contributed by atoms with E-state index in [1.165, 1.54) is 0 Å². The van der Waals surface area contributed by atoms with Crippen LogP contribution in [0, 0.1) is 6.92 Å². The third-order valence-electron chi connectivity index (χ3n) is 3.93. The summed E-state index contributed by atoms with van der Waals surface area (Å²) in [5.74, 6) is 1.55. The van der Waals surface area contributed by atoms with Crippen molar-refractivity contribution >= 4 is 11.6 Å². The van der Waals surface area contributed by atoms with Gasteiger partial charge in [-0.2, -0.15) is 0 Å². The van der Waals surface area contributed by atoms with Crippen LogP contribution in [-0.2, 0) is 0 Å². The molecule has 0 radical (unpaired) electrons. The number of fused-ring (bicyclic) bond motifs is 1. The fraction of sp³-hybridized carbons (Fsp3) is 0.294. The summed E-state index contributed by atoms with van der Waals surface area (Å²) in [4.78, 5) is 0. The Hall–Kier alpha value is -1.71. The van der Waals surface area contributed by atoms with Crippen LogP contribution in [0.4, 0.5) is 0 Å². The molecule has 1 unspecified atom stereocenters. The quantitative estimate of drug-likeness (QED) is 0.905. The summed E-state index contributed by atoms with van der Waals surface area (Å²) in [5, 5.41) is 0.751. The van der Waals surface area contributed by atoms with Crippen molar-refractivity contribution < 1.29 is 9.47 Å². The number of benzene rings is 2. The Labute approximate surface area is 129 Å². The number of hydrogen-bond donors (Lipinski definition) is 1. The highest BCUT2D eigenvalue weighted by molar-refractivity contribution is 6.31. The maximum Gasteiger partial charge on any atom is 0.128 e. The average Bonchev–Trinajstić information content (AvgIpc) is 2.49. The van der Waals surface area contributed by atoms with Crippen molar-refractivity contribution in [2.45, 2.75) is 25.5 Å². The number of rotatable bonds is 2. The monoisotopic (exact) mass is 303 g/mol. The highest BCUT2D eigenvalue weighted by Crippen LogP contribution is 2.41. The Balaban J connectivity index is 1.94. The summed E-state index contributed by atoms with van der Waals surface area (Å²) in [6.45, 7) is 1.99. The molecule has 0 saturated carbocycles. The highest BCUT2D eigenvalue weighted by atomic mass is 35.5. The topological polar surface area (TPSA) is 44.5 Å². The van der Waals surface area contributed by atoms with E-state index in [2.05, 4.69) is 0 Å². The molecular weight excluding hydrogens is 286 g/mol. The molecule has 2 aromatic rings. The minimum Gasteiger partial charge on any atom is -0.497 e. The van der Waals surface area contributed by atoms with Crippen molar-refractivity contribution in [3.05, 3.63) is 58.1 Å². The van der Waals surface area contributed by atoms with E-state index in [0.717, 1.165) is 39.6 Å². The summed E-state index contributed by atoms with van der Waals surface area (Å²) < 4.78 is 11.4. The molecule has 0 saturated heterocycles. The van der Waals surface area contributed by atoms with Crippen LogP contribution >= 0.6 is 11.6 Å². The van der Waals surface area contributed by atoms with Gasteiger partial charge in [0.05, 0.1) is 7.11 Å². The molecule has 2 N–H and O–H groups in total. The molecule has 21 heavy (non-hydrogen) atoms. The van der Waals surface area contributed by atoms with Crippen molar-refractivity contribution in [3.63, 3.8) is 0 Å². The standard InChI is InChI=1S/C17H18ClNO2/c1-10-3-4-11(7-14(10)18)16-9-15(19)13-6-5-12(20-2)8-17(13)21-16/h3-8,15-16H,9,19H2,1-2H3/t15-,16?/m0/s1. The lowest BCUT2D eigenvalue weighted by atomic mass is 9.93. The van der Waals surface area contributed by atoms with Gasteiger partial charge in [-0.15, -0.1) is 0 Å². The van der Waals surface area contributed by atoms with Crippen LogP contribution in [0.1, 0.15) is 35.3 Å². The van der Waals surface area contributed by atoms with E-state index in [0.29, 0.717) is 0 Å². The molecule has 3 rings (SSSR count). The molecule has 1 aliphatic rings. The van der Waals surface area contributed by atoms with Crippen LogP contribution in [-0.4, -0.2) is 7.11 Å². The molecule has 1 heterocycles. The van der Waals surface area contributed by atoms with Gasteiger partial charge in [0.1, 0.15) is 17.6 Å². The summed E-state index contributed by atoms with van der Waals surface area (Å²) in [5.41, 5.74) is 9.41. The molecule has 2 atom stereocenters. The minimum atomic E-state index is -0.0855. The molecule has 4 heteroatoms. The maximum atomic E-state index is 6.28. The number of halogens is 1. The number of hydrogen-bond acceptors (Lipinski definition) is 3. The van der Waals surface area contributed by atoms with E-state index in [4.69, 9.17) is 26.8 Å². The lowest BCUT2D eigenvalue weighted by Gasteiger charge is -2.31. The van der Waals surface area contributed by atoms with Crippen LogP contribution in [0.15, 0.2) is 36.4 Å². The maximum absolute atomic E-state index is 6.28. The Morgan fingerprint density at radius 3 is 2.76 bits per heavy atom. The van der Waals surface area contributed by atoms with E-state index in [9.17, 15) is 0 Å². The first kappa shape index (κ1) is 14.2. The SMILES string of the molecule is COc1ccc2c(c1)OC(c1ccc(C)c(Cl)c1)C[C@@H]2N. The lowest BCUT2D eigenvalue weighted by molar-refractivity contribution is 0.161. The Morgan fingerprint density at radius 2 is 2.05 bits per heavy atom. The molecule has 3 nitrogen and oxygen atoms in total. The van der Waals surface area contributed by atoms with E-state index in [-0.39, 0.29) is 12.1 Å². The number of ether oxygens (including phenoxy) is 2. The number of methoxy groups -OCH3 is 1. The van der Waals surface area contributed by atoms with Crippen molar-refractivity contribution in [1.29, 1.82) is 0 Å². The first-order valence-corrected chi connectivity index (χ1v) is 7.32. The molecule has 110 valence electrons. The normalized spacial score (nSPS) is 20.6. The molecule has 0 amide bonds. The fourth-order valence-corrected chi connectivity index (χ4v) is 2.81. The molecule has 0 fully saturated rings. The fourth-order valence-electron chi connectivity index (χ4n) is 2.62. The first-order chi connectivity index (χ1) is 10.1. The lowest BCUT2D eigenvalue weighted by Crippen LogP contribution is -2.24. The van der Waals surface area contributed by atoms with Crippen molar-refractivity contribution in [2.24, 2.45) is 5.73 Å². The predicted molar refractivity (Wildman–Crippen MR) is 84.1 cm³/mol. The minimum absolute atomic E-state index is 0.0512. The molecule has 1 aliphatic heterocycles. The van der Waals surface area contributed by atoms with Crippen LogP contribution in [0.5, 0.6) is 11.5 Å². The molecule has 0 bridgehead atoms. The summed E-state index contributed by atoms with van der Waals surface area (Å²) >= 11 is 6.21. The summed E-state index contributed by atoms with van der Waals surface area (Å²) in [7, 11) is 1.64. The van der Waals surface area contributed by atoms with Gasteiger partial charge in [0.15, 0.2) is 0 Å². The second kappa shape index (κ2) is 5.58. The summed E-state index contributed by atoms with van der Waals surface area (Å²) in [6, 6.07) is 11.7. The molecule has 0 aliphatic carbocycles. The van der Waals surface area contributed by atoms with Crippen LogP contribution in [0.2, 0.25) is 5.02 Å². The molecular formula is C17H18ClNO2. The third kappa shape index (κ3) is 2.71. The molecule has 0 spiro atoms. The van der Waals surface area contributed by atoms with Crippen molar-refractivity contribution in [3.8, 4) is 11.5 Å². The van der Waals surface area contributed by atoms with Gasteiger partial charge >= 0.3 is 0 Å². The van der Waals surface area contributed by atoms with E-state index < -0.39 is 0 Å². The predicted octanol–water partition coefficient (Wildman–Crippen LogP) is 4.18. The van der Waals surface area contributed by atoms with Gasteiger partial charge in [-0.1, -0.05) is 29.8 Å².